The zero-order chi connectivity index (χ0) is 18.2. The minimum absolute atomic E-state index is 0.0981. The molecule has 132 valence electrons. The maximum absolute atomic E-state index is 13.1. The van der Waals surface area contributed by atoms with Gasteiger partial charge >= 0.3 is 0 Å². The largest absolute Gasteiger partial charge is 0.496 e. The summed E-state index contributed by atoms with van der Waals surface area (Å²) in [5.74, 6) is -0.727. The first-order valence-corrected chi connectivity index (χ1v) is 8.01. The third kappa shape index (κ3) is 5.76. The average Bonchev–Trinajstić information content (AvgIpc) is 2.58. The monoisotopic (exact) mass is 364 g/mol. The summed E-state index contributed by atoms with van der Waals surface area (Å²) in [6.07, 6.45) is 0.256. The van der Waals surface area contributed by atoms with E-state index in [1.807, 2.05) is 24.3 Å². The van der Waals surface area contributed by atoms with E-state index in [9.17, 15) is 14.0 Å². The Morgan fingerprint density at radius 3 is 2.64 bits per heavy atom. The first-order valence-electron chi connectivity index (χ1n) is 7.63. The van der Waals surface area contributed by atoms with Crippen LogP contribution in [0.2, 0.25) is 5.02 Å². The number of para-hydroxylation sites is 1. The summed E-state index contributed by atoms with van der Waals surface area (Å²) < 4.78 is 18.3. The minimum atomic E-state index is -0.575. The van der Waals surface area contributed by atoms with Gasteiger partial charge in [0.15, 0.2) is 0 Å². The molecule has 0 atom stereocenters. The van der Waals surface area contributed by atoms with Gasteiger partial charge in [-0.25, -0.2) is 4.39 Å². The normalized spacial score (nSPS) is 10.2. The summed E-state index contributed by atoms with van der Waals surface area (Å²) in [4.78, 5) is 23.6. The van der Waals surface area contributed by atoms with E-state index in [4.69, 9.17) is 16.3 Å². The highest BCUT2D eigenvalue weighted by molar-refractivity contribution is 6.31. The van der Waals surface area contributed by atoms with E-state index in [1.54, 1.807) is 7.11 Å². The van der Waals surface area contributed by atoms with Crippen LogP contribution in [0.1, 0.15) is 12.0 Å². The Morgan fingerprint density at radius 1 is 1.16 bits per heavy atom. The molecule has 0 fully saturated rings. The number of hydrogen-bond donors (Lipinski definition) is 2. The molecule has 0 saturated carbocycles. The van der Waals surface area contributed by atoms with Crippen LogP contribution in [0.4, 0.5) is 10.1 Å². The lowest BCUT2D eigenvalue weighted by molar-refractivity contribution is -0.126. The number of amides is 2. The molecule has 7 heteroatoms. The third-order valence-corrected chi connectivity index (χ3v) is 3.72. The zero-order valence-electron chi connectivity index (χ0n) is 13.6. The van der Waals surface area contributed by atoms with Crippen molar-refractivity contribution in [2.24, 2.45) is 0 Å². The van der Waals surface area contributed by atoms with E-state index < -0.39 is 17.6 Å². The molecule has 25 heavy (non-hydrogen) atoms. The van der Waals surface area contributed by atoms with Gasteiger partial charge in [0.25, 0.3) is 0 Å². The molecule has 2 aromatic rings. The summed E-state index contributed by atoms with van der Waals surface area (Å²) in [6.45, 7) is 0.384. The Balaban J connectivity index is 1.77. The summed E-state index contributed by atoms with van der Waals surface area (Å²) >= 11 is 5.64. The third-order valence-electron chi connectivity index (χ3n) is 3.43. The van der Waals surface area contributed by atoms with Crippen LogP contribution in [0, 0.1) is 5.82 Å². The second-order valence-corrected chi connectivity index (χ2v) is 5.67. The number of halogens is 2. The Hall–Kier alpha value is -2.60. The van der Waals surface area contributed by atoms with E-state index in [1.165, 1.54) is 12.1 Å². The first-order chi connectivity index (χ1) is 12.0. The Morgan fingerprint density at radius 2 is 1.92 bits per heavy atom. The molecule has 0 unspecified atom stereocenters. The van der Waals surface area contributed by atoms with E-state index >= 15 is 0 Å². The Labute approximate surface area is 150 Å². The fourth-order valence-electron chi connectivity index (χ4n) is 2.23. The predicted molar refractivity (Wildman–Crippen MR) is 94.4 cm³/mol. The van der Waals surface area contributed by atoms with E-state index in [0.717, 1.165) is 17.4 Å². The Bertz CT molecular complexity index is 768. The SMILES string of the molecule is COc1ccccc1CCNC(=O)CC(=O)Nc1ccc(F)c(Cl)c1. The quantitative estimate of drug-likeness (QED) is 0.741. The molecule has 2 N–H and O–H groups in total. The first kappa shape index (κ1) is 18.7. The van der Waals surface area contributed by atoms with Gasteiger partial charge in [-0.05, 0) is 36.2 Å². The number of hydrogen-bond acceptors (Lipinski definition) is 3. The predicted octanol–water partition coefficient (Wildman–Crippen LogP) is 3.18. The van der Waals surface area contributed by atoms with Gasteiger partial charge in [0.05, 0.1) is 12.1 Å². The van der Waals surface area contributed by atoms with E-state index in [0.29, 0.717) is 18.7 Å². The van der Waals surface area contributed by atoms with Gasteiger partial charge in [-0.1, -0.05) is 29.8 Å². The molecule has 2 amide bonds. The van der Waals surface area contributed by atoms with Gasteiger partial charge in [-0.3, -0.25) is 9.59 Å². The highest BCUT2D eigenvalue weighted by Gasteiger charge is 2.11. The van der Waals surface area contributed by atoms with Crippen molar-refractivity contribution < 1.29 is 18.7 Å². The number of rotatable bonds is 7. The molecule has 0 spiro atoms. The van der Waals surface area contributed by atoms with Crippen LogP contribution in [0.3, 0.4) is 0 Å². The zero-order valence-corrected chi connectivity index (χ0v) is 14.4. The van der Waals surface area contributed by atoms with Crippen molar-refractivity contribution in [3.63, 3.8) is 0 Å². The summed E-state index contributed by atoms with van der Waals surface area (Å²) in [5, 5.41) is 5.08. The van der Waals surface area contributed by atoms with Gasteiger partial charge in [-0.15, -0.1) is 0 Å². The van der Waals surface area contributed by atoms with Crippen LogP contribution in [-0.2, 0) is 16.0 Å². The number of carbonyl (C=O) groups is 2. The molecule has 2 rings (SSSR count). The molecular formula is C18H18ClFN2O3. The topological polar surface area (TPSA) is 67.4 Å². The molecule has 0 aliphatic heterocycles. The standard InChI is InChI=1S/C18H18ClFN2O3/c1-25-16-5-3-2-4-12(16)8-9-21-17(23)11-18(24)22-13-6-7-15(20)14(19)10-13/h2-7,10H,8-9,11H2,1H3,(H,21,23)(H,22,24). The fraction of sp³-hybridized carbons (Fsp3) is 0.222. The van der Waals surface area contributed by atoms with Gasteiger partial charge < -0.3 is 15.4 Å². The molecule has 0 saturated heterocycles. The van der Waals surface area contributed by atoms with Crippen molar-refractivity contribution in [3.05, 3.63) is 58.9 Å². The van der Waals surface area contributed by atoms with Crippen molar-refractivity contribution in [2.75, 3.05) is 19.0 Å². The summed E-state index contributed by atoms with van der Waals surface area (Å²) in [7, 11) is 1.59. The van der Waals surface area contributed by atoms with Gasteiger partial charge in [0, 0.05) is 12.2 Å². The number of ether oxygens (including phenoxy) is 1. The average molecular weight is 365 g/mol. The van der Waals surface area contributed by atoms with Crippen LogP contribution in [-0.4, -0.2) is 25.5 Å². The van der Waals surface area contributed by atoms with Crippen molar-refractivity contribution in [2.45, 2.75) is 12.8 Å². The molecular weight excluding hydrogens is 347 g/mol. The second-order valence-electron chi connectivity index (χ2n) is 5.27. The van der Waals surface area contributed by atoms with Crippen molar-refractivity contribution in [1.29, 1.82) is 0 Å². The molecule has 0 heterocycles. The van der Waals surface area contributed by atoms with Crippen molar-refractivity contribution in [3.8, 4) is 5.75 Å². The number of benzene rings is 2. The molecule has 0 bridgehead atoms. The summed E-state index contributed by atoms with van der Waals surface area (Å²) in [5.41, 5.74) is 1.30. The highest BCUT2D eigenvalue weighted by Crippen LogP contribution is 2.19. The maximum Gasteiger partial charge on any atom is 0.233 e. The maximum atomic E-state index is 13.1. The van der Waals surface area contributed by atoms with Crippen molar-refractivity contribution in [1.82, 2.24) is 5.32 Å². The number of carbonyl (C=O) groups excluding carboxylic acids is 2. The van der Waals surface area contributed by atoms with E-state index in [-0.39, 0.29) is 11.4 Å². The second kappa shape index (κ2) is 9.03. The fourth-order valence-corrected chi connectivity index (χ4v) is 2.41. The molecule has 2 aromatic carbocycles. The molecule has 0 aromatic heterocycles. The van der Waals surface area contributed by atoms with Gasteiger partial charge in [0.1, 0.15) is 18.0 Å². The lowest BCUT2D eigenvalue weighted by Gasteiger charge is -2.09. The molecule has 0 aliphatic carbocycles. The lowest BCUT2D eigenvalue weighted by Crippen LogP contribution is -2.29. The van der Waals surface area contributed by atoms with Crippen LogP contribution in [0.15, 0.2) is 42.5 Å². The molecule has 0 aliphatic rings. The van der Waals surface area contributed by atoms with E-state index in [2.05, 4.69) is 10.6 Å². The van der Waals surface area contributed by atoms with Crippen LogP contribution in [0.5, 0.6) is 5.75 Å². The van der Waals surface area contributed by atoms with Crippen molar-refractivity contribution >= 4 is 29.1 Å². The number of anilines is 1. The molecule has 5 nitrogen and oxygen atoms in total. The van der Waals surface area contributed by atoms with Crippen LogP contribution in [0.25, 0.3) is 0 Å². The highest BCUT2D eigenvalue weighted by atomic mass is 35.5. The smallest absolute Gasteiger partial charge is 0.233 e. The van der Waals surface area contributed by atoms with Crippen LogP contribution >= 0.6 is 11.6 Å². The van der Waals surface area contributed by atoms with Crippen LogP contribution < -0.4 is 15.4 Å². The Kier molecular flexibility index (Phi) is 6.77. The summed E-state index contributed by atoms with van der Waals surface area (Å²) in [6, 6.07) is 11.3. The number of methoxy groups -OCH3 is 1. The number of nitrogens with one attached hydrogen (secondary N) is 2. The van der Waals surface area contributed by atoms with Gasteiger partial charge in [-0.2, -0.15) is 0 Å². The molecule has 0 radical (unpaired) electrons. The lowest BCUT2D eigenvalue weighted by atomic mass is 10.1. The van der Waals surface area contributed by atoms with Gasteiger partial charge in [0.2, 0.25) is 11.8 Å². The minimum Gasteiger partial charge on any atom is -0.496 e.